The Morgan fingerprint density at radius 3 is 2.36 bits per heavy atom. The summed E-state index contributed by atoms with van der Waals surface area (Å²) in [7, 11) is 0. The van der Waals surface area contributed by atoms with Gasteiger partial charge in [0, 0.05) is 11.7 Å². The van der Waals surface area contributed by atoms with E-state index < -0.39 is 0 Å². The lowest BCUT2D eigenvalue weighted by Crippen LogP contribution is -2.16. The monoisotopic (exact) mass is 217 g/mol. The van der Waals surface area contributed by atoms with Gasteiger partial charge in [0.2, 0.25) is 5.91 Å². The smallest absolute Gasteiger partial charge is 0.218 e. The lowest BCUT2D eigenvalue weighted by atomic mass is 10.1. The van der Waals surface area contributed by atoms with Crippen LogP contribution < -0.4 is 5.73 Å². The van der Waals surface area contributed by atoms with E-state index >= 15 is 0 Å². The first-order valence-electron chi connectivity index (χ1n) is 5.63. The second-order valence-electron chi connectivity index (χ2n) is 3.88. The van der Waals surface area contributed by atoms with Gasteiger partial charge in [0.1, 0.15) is 0 Å². The molecule has 0 fully saturated rings. The van der Waals surface area contributed by atoms with Crippen LogP contribution >= 0.6 is 12.6 Å². The van der Waals surface area contributed by atoms with Crippen molar-refractivity contribution in [2.75, 3.05) is 0 Å². The maximum Gasteiger partial charge on any atom is 0.218 e. The molecule has 2 nitrogen and oxygen atoms in total. The molecule has 0 aromatic rings. The number of hydrogen-bond donors (Lipinski definition) is 2. The summed E-state index contributed by atoms with van der Waals surface area (Å²) in [6, 6.07) is 0. The summed E-state index contributed by atoms with van der Waals surface area (Å²) in [5.41, 5.74) is 5.08. The molecule has 0 saturated carbocycles. The molecule has 0 aromatic carbocycles. The number of primary amides is 1. The summed E-state index contributed by atoms with van der Waals surface area (Å²) < 4.78 is 0. The molecule has 0 aliphatic carbocycles. The van der Waals surface area contributed by atoms with Gasteiger partial charge in [-0.3, -0.25) is 4.79 Å². The largest absolute Gasteiger partial charge is 0.370 e. The van der Waals surface area contributed by atoms with Crippen LogP contribution in [0.1, 0.15) is 58.3 Å². The number of nitrogens with two attached hydrogens (primary N) is 1. The van der Waals surface area contributed by atoms with Gasteiger partial charge in [-0.25, -0.2) is 0 Å². The minimum absolute atomic E-state index is 0.165. The maximum atomic E-state index is 10.6. The van der Waals surface area contributed by atoms with Gasteiger partial charge in [0.05, 0.1) is 0 Å². The SMILES string of the molecule is CCCCCCCCC(S)CC(N)=O. The molecule has 0 spiro atoms. The van der Waals surface area contributed by atoms with Crippen molar-refractivity contribution in [1.29, 1.82) is 0 Å². The Balaban J connectivity index is 3.14. The van der Waals surface area contributed by atoms with Crippen LogP contribution in [0, 0.1) is 0 Å². The van der Waals surface area contributed by atoms with Crippen molar-refractivity contribution >= 4 is 18.5 Å². The highest BCUT2D eigenvalue weighted by atomic mass is 32.1. The Morgan fingerprint density at radius 2 is 1.79 bits per heavy atom. The summed E-state index contributed by atoms with van der Waals surface area (Å²) in [6.07, 6.45) is 9.13. The summed E-state index contributed by atoms with van der Waals surface area (Å²) in [6.45, 7) is 2.22. The molecular weight excluding hydrogens is 194 g/mol. The van der Waals surface area contributed by atoms with E-state index in [1.807, 2.05) is 0 Å². The number of unbranched alkanes of at least 4 members (excludes halogenated alkanes) is 5. The lowest BCUT2D eigenvalue weighted by Gasteiger charge is -2.07. The normalized spacial score (nSPS) is 12.7. The van der Waals surface area contributed by atoms with Gasteiger partial charge in [0.25, 0.3) is 0 Å². The van der Waals surface area contributed by atoms with Crippen LogP contribution in [0.5, 0.6) is 0 Å². The summed E-state index contributed by atoms with van der Waals surface area (Å²) >= 11 is 4.31. The van der Waals surface area contributed by atoms with E-state index in [0.29, 0.717) is 6.42 Å². The maximum absolute atomic E-state index is 10.6. The fraction of sp³-hybridized carbons (Fsp3) is 0.909. The van der Waals surface area contributed by atoms with Crippen molar-refractivity contribution in [3.05, 3.63) is 0 Å². The highest BCUT2D eigenvalue weighted by Gasteiger charge is 2.05. The van der Waals surface area contributed by atoms with Gasteiger partial charge in [-0.15, -0.1) is 0 Å². The highest BCUT2D eigenvalue weighted by Crippen LogP contribution is 2.13. The third-order valence-electron chi connectivity index (χ3n) is 2.33. The number of carbonyl (C=O) groups is 1. The average molecular weight is 217 g/mol. The molecule has 2 N–H and O–H groups in total. The molecule has 0 aromatic heterocycles. The van der Waals surface area contributed by atoms with Gasteiger partial charge in [-0.05, 0) is 6.42 Å². The topological polar surface area (TPSA) is 43.1 Å². The van der Waals surface area contributed by atoms with Crippen LogP contribution in [-0.4, -0.2) is 11.2 Å². The first kappa shape index (κ1) is 13.8. The summed E-state index contributed by atoms with van der Waals surface area (Å²) in [5.74, 6) is -0.240. The summed E-state index contributed by atoms with van der Waals surface area (Å²) in [4.78, 5) is 10.6. The zero-order valence-corrected chi connectivity index (χ0v) is 10.1. The minimum atomic E-state index is -0.240. The Labute approximate surface area is 93.0 Å². The molecule has 0 rings (SSSR count). The van der Waals surface area contributed by atoms with Crippen molar-refractivity contribution in [3.63, 3.8) is 0 Å². The molecule has 3 heteroatoms. The second-order valence-corrected chi connectivity index (χ2v) is 4.61. The minimum Gasteiger partial charge on any atom is -0.370 e. The van der Waals surface area contributed by atoms with Crippen molar-refractivity contribution in [3.8, 4) is 0 Å². The van der Waals surface area contributed by atoms with Crippen molar-refractivity contribution < 1.29 is 4.79 Å². The molecule has 14 heavy (non-hydrogen) atoms. The van der Waals surface area contributed by atoms with E-state index in [4.69, 9.17) is 5.73 Å². The predicted molar refractivity (Wildman–Crippen MR) is 64.6 cm³/mol. The fourth-order valence-corrected chi connectivity index (χ4v) is 1.86. The fourth-order valence-electron chi connectivity index (χ4n) is 1.49. The number of hydrogen-bond acceptors (Lipinski definition) is 2. The van der Waals surface area contributed by atoms with E-state index in [-0.39, 0.29) is 11.2 Å². The van der Waals surface area contributed by atoms with Crippen LogP contribution in [0.25, 0.3) is 0 Å². The summed E-state index contributed by atoms with van der Waals surface area (Å²) in [5, 5.41) is 0.165. The van der Waals surface area contributed by atoms with E-state index in [0.717, 1.165) is 6.42 Å². The van der Waals surface area contributed by atoms with Crippen molar-refractivity contribution in [1.82, 2.24) is 0 Å². The van der Waals surface area contributed by atoms with Crippen LogP contribution in [0.3, 0.4) is 0 Å². The lowest BCUT2D eigenvalue weighted by molar-refractivity contribution is -0.118. The van der Waals surface area contributed by atoms with Crippen LogP contribution in [0.15, 0.2) is 0 Å². The van der Waals surface area contributed by atoms with Crippen molar-refractivity contribution in [2.24, 2.45) is 5.73 Å². The van der Waals surface area contributed by atoms with Gasteiger partial charge in [-0.2, -0.15) is 12.6 Å². The molecule has 0 aliphatic heterocycles. The van der Waals surface area contributed by atoms with Crippen LogP contribution in [0.4, 0.5) is 0 Å². The first-order valence-corrected chi connectivity index (χ1v) is 6.14. The molecule has 0 bridgehead atoms. The average Bonchev–Trinajstić information content (AvgIpc) is 2.10. The number of carbonyl (C=O) groups excluding carboxylic acids is 1. The second kappa shape index (κ2) is 9.38. The number of amides is 1. The first-order chi connectivity index (χ1) is 6.66. The van der Waals surface area contributed by atoms with Gasteiger partial charge < -0.3 is 5.73 Å². The number of thiol groups is 1. The van der Waals surface area contributed by atoms with Gasteiger partial charge in [0.15, 0.2) is 0 Å². The van der Waals surface area contributed by atoms with E-state index in [9.17, 15) is 4.79 Å². The third kappa shape index (κ3) is 9.90. The van der Waals surface area contributed by atoms with Gasteiger partial charge in [-0.1, -0.05) is 45.4 Å². The molecular formula is C11H23NOS. The van der Waals surface area contributed by atoms with E-state index in [2.05, 4.69) is 19.6 Å². The van der Waals surface area contributed by atoms with Crippen molar-refractivity contribution in [2.45, 2.75) is 63.5 Å². The molecule has 1 unspecified atom stereocenters. The predicted octanol–water partition coefficient (Wildman–Crippen LogP) is 2.91. The van der Waals surface area contributed by atoms with E-state index in [1.54, 1.807) is 0 Å². The Bertz CT molecular complexity index is 150. The standard InChI is InChI=1S/C11H23NOS/c1-2-3-4-5-6-7-8-10(14)9-11(12)13/h10,14H,2-9H2,1H3,(H2,12,13). The Hall–Kier alpha value is -0.180. The highest BCUT2D eigenvalue weighted by molar-refractivity contribution is 7.81. The Kier molecular flexibility index (Phi) is 9.26. The van der Waals surface area contributed by atoms with Crippen LogP contribution in [0.2, 0.25) is 0 Å². The molecule has 0 heterocycles. The van der Waals surface area contributed by atoms with E-state index in [1.165, 1.54) is 38.5 Å². The zero-order valence-electron chi connectivity index (χ0n) is 9.17. The van der Waals surface area contributed by atoms with Gasteiger partial charge >= 0.3 is 0 Å². The molecule has 1 amide bonds. The third-order valence-corrected chi connectivity index (χ3v) is 2.77. The van der Waals surface area contributed by atoms with Crippen LogP contribution in [-0.2, 0) is 4.79 Å². The quantitative estimate of drug-likeness (QED) is 0.452. The molecule has 84 valence electrons. The molecule has 0 radical (unpaired) electrons. The number of rotatable bonds is 9. The Morgan fingerprint density at radius 1 is 1.21 bits per heavy atom. The zero-order chi connectivity index (χ0) is 10.8. The molecule has 0 saturated heterocycles. The molecule has 1 atom stereocenters. The molecule has 0 aliphatic rings.